The predicted octanol–water partition coefficient (Wildman–Crippen LogP) is 3.15. The van der Waals surface area contributed by atoms with Crippen molar-refractivity contribution in [2.75, 3.05) is 12.9 Å². The van der Waals surface area contributed by atoms with Crippen LogP contribution in [0.4, 0.5) is 0 Å². The van der Waals surface area contributed by atoms with Gasteiger partial charge in [-0.25, -0.2) is 4.79 Å². The van der Waals surface area contributed by atoms with Gasteiger partial charge in [-0.2, -0.15) is 0 Å². The lowest BCUT2D eigenvalue weighted by atomic mass is 9.99. The lowest BCUT2D eigenvalue weighted by Gasteiger charge is -2.21. The minimum atomic E-state index is -0.665. The van der Waals surface area contributed by atoms with Crippen molar-refractivity contribution in [1.29, 1.82) is 0 Å². The predicted molar refractivity (Wildman–Crippen MR) is 103 cm³/mol. The van der Waals surface area contributed by atoms with E-state index in [4.69, 9.17) is 9.15 Å². The van der Waals surface area contributed by atoms with Crippen molar-refractivity contribution in [1.82, 2.24) is 15.5 Å². The quantitative estimate of drug-likeness (QED) is 0.545. The van der Waals surface area contributed by atoms with Gasteiger partial charge < -0.3 is 14.5 Å². The summed E-state index contributed by atoms with van der Waals surface area (Å²) in [5, 5.41) is 11.0. The van der Waals surface area contributed by atoms with E-state index in [2.05, 4.69) is 15.5 Å². The zero-order valence-electron chi connectivity index (χ0n) is 16.2. The maximum absolute atomic E-state index is 12.2. The zero-order valence-corrected chi connectivity index (χ0v) is 17.1. The number of carbonyl (C=O) groups excluding carboxylic acids is 2. The molecule has 0 bridgehead atoms. The van der Waals surface area contributed by atoms with Crippen LogP contribution in [0, 0.1) is 19.8 Å². The van der Waals surface area contributed by atoms with Crippen LogP contribution in [0.25, 0.3) is 11.5 Å². The van der Waals surface area contributed by atoms with Gasteiger partial charge in [-0.05, 0) is 43.0 Å². The summed E-state index contributed by atoms with van der Waals surface area (Å²) in [7, 11) is 1.31. The van der Waals surface area contributed by atoms with Crippen LogP contribution in [0.15, 0.2) is 27.8 Å². The van der Waals surface area contributed by atoms with Gasteiger partial charge in [-0.3, -0.25) is 4.79 Å². The lowest BCUT2D eigenvalue weighted by molar-refractivity contribution is -0.146. The van der Waals surface area contributed by atoms with Crippen LogP contribution in [-0.2, 0) is 14.3 Å². The molecule has 146 valence electrons. The molecule has 7 nitrogen and oxygen atoms in total. The summed E-state index contributed by atoms with van der Waals surface area (Å²) in [5.74, 6) is -0.281. The summed E-state index contributed by atoms with van der Waals surface area (Å²) in [6, 6.07) is 5.24. The van der Waals surface area contributed by atoms with E-state index < -0.39 is 12.0 Å². The highest BCUT2D eigenvalue weighted by Gasteiger charge is 2.26. The minimum Gasteiger partial charge on any atom is -0.467 e. The van der Waals surface area contributed by atoms with E-state index in [0.29, 0.717) is 11.1 Å². The lowest BCUT2D eigenvalue weighted by Crippen LogP contribution is -2.46. The van der Waals surface area contributed by atoms with Crippen LogP contribution in [0.1, 0.15) is 31.4 Å². The summed E-state index contributed by atoms with van der Waals surface area (Å²) in [5.41, 5.74) is 3.16. The molecule has 0 aliphatic rings. The number of aromatic nitrogens is 2. The Morgan fingerprint density at radius 3 is 2.63 bits per heavy atom. The summed E-state index contributed by atoms with van der Waals surface area (Å²) >= 11 is 1.13. The minimum absolute atomic E-state index is 0.0221. The number of nitrogens with zero attached hydrogens (tertiary/aromatic N) is 2. The number of methoxy groups -OCH3 is 1. The molecule has 1 N–H and O–H groups in total. The number of nitrogens with one attached hydrogen (secondary N) is 1. The Morgan fingerprint density at radius 2 is 2.00 bits per heavy atom. The summed E-state index contributed by atoms with van der Waals surface area (Å²) in [4.78, 5) is 24.0. The van der Waals surface area contributed by atoms with Gasteiger partial charge in [0, 0.05) is 5.56 Å². The molecular weight excluding hydrogens is 366 g/mol. The standard InChI is InChI=1S/C19H25N3O4S/c1-6-11(2)16(18(24)25-5)20-15(23)10-27-19-22-21-17(26-19)14-8-7-12(3)13(4)9-14/h7-9,11,16H,6,10H2,1-5H3,(H,20,23). The summed E-state index contributed by atoms with van der Waals surface area (Å²) < 4.78 is 10.4. The van der Waals surface area contributed by atoms with Crippen LogP contribution in [0.5, 0.6) is 0 Å². The highest BCUT2D eigenvalue weighted by atomic mass is 32.2. The zero-order chi connectivity index (χ0) is 20.0. The molecule has 1 amide bonds. The molecule has 0 saturated heterocycles. The maximum atomic E-state index is 12.2. The first-order valence-corrected chi connectivity index (χ1v) is 9.75. The normalized spacial score (nSPS) is 13.1. The van der Waals surface area contributed by atoms with E-state index in [1.807, 2.05) is 45.9 Å². The Labute approximate surface area is 163 Å². The van der Waals surface area contributed by atoms with Crippen molar-refractivity contribution in [3.63, 3.8) is 0 Å². The van der Waals surface area contributed by atoms with E-state index in [1.165, 1.54) is 12.7 Å². The van der Waals surface area contributed by atoms with E-state index in [-0.39, 0.29) is 17.6 Å². The van der Waals surface area contributed by atoms with Gasteiger partial charge in [-0.1, -0.05) is 38.1 Å². The highest BCUT2D eigenvalue weighted by Crippen LogP contribution is 2.24. The second-order valence-electron chi connectivity index (χ2n) is 6.41. The number of amides is 1. The smallest absolute Gasteiger partial charge is 0.328 e. The van der Waals surface area contributed by atoms with Gasteiger partial charge in [0.05, 0.1) is 12.9 Å². The third-order valence-corrected chi connectivity index (χ3v) is 5.29. The van der Waals surface area contributed by atoms with Crippen LogP contribution in [0.3, 0.4) is 0 Å². The number of esters is 1. The summed E-state index contributed by atoms with van der Waals surface area (Å²) in [6.45, 7) is 7.90. The summed E-state index contributed by atoms with van der Waals surface area (Å²) in [6.07, 6.45) is 0.746. The molecule has 0 aliphatic heterocycles. The number of thioether (sulfide) groups is 1. The molecule has 0 fully saturated rings. The molecule has 2 rings (SSSR count). The van der Waals surface area contributed by atoms with Crippen LogP contribution in [-0.4, -0.2) is 41.0 Å². The highest BCUT2D eigenvalue weighted by molar-refractivity contribution is 7.99. The number of benzene rings is 1. The maximum Gasteiger partial charge on any atom is 0.328 e. The molecule has 8 heteroatoms. The Hall–Kier alpha value is -2.35. The monoisotopic (exact) mass is 391 g/mol. The Bertz CT molecular complexity index is 806. The first-order chi connectivity index (χ1) is 12.8. The van der Waals surface area contributed by atoms with Crippen molar-refractivity contribution in [3.8, 4) is 11.5 Å². The topological polar surface area (TPSA) is 94.3 Å². The molecule has 2 atom stereocenters. The molecule has 1 aromatic heterocycles. The number of carbonyl (C=O) groups is 2. The van der Waals surface area contributed by atoms with Crippen molar-refractivity contribution < 1.29 is 18.7 Å². The molecular formula is C19H25N3O4S. The van der Waals surface area contributed by atoms with E-state index in [1.54, 1.807) is 0 Å². The number of hydrogen-bond acceptors (Lipinski definition) is 7. The third-order valence-electron chi connectivity index (χ3n) is 4.47. The molecule has 2 aromatic rings. The number of rotatable bonds is 8. The molecule has 0 spiro atoms. The van der Waals surface area contributed by atoms with Crippen LogP contribution in [0.2, 0.25) is 0 Å². The second-order valence-corrected chi connectivity index (χ2v) is 7.34. The Balaban J connectivity index is 1.96. The van der Waals surface area contributed by atoms with Crippen LogP contribution >= 0.6 is 11.8 Å². The van der Waals surface area contributed by atoms with Gasteiger partial charge in [0.15, 0.2) is 0 Å². The van der Waals surface area contributed by atoms with Crippen molar-refractivity contribution in [3.05, 3.63) is 29.3 Å². The molecule has 27 heavy (non-hydrogen) atoms. The fourth-order valence-electron chi connectivity index (χ4n) is 2.40. The van der Waals surface area contributed by atoms with E-state index in [9.17, 15) is 9.59 Å². The van der Waals surface area contributed by atoms with Gasteiger partial charge in [-0.15, -0.1) is 10.2 Å². The van der Waals surface area contributed by atoms with Crippen LogP contribution < -0.4 is 5.32 Å². The van der Waals surface area contributed by atoms with Gasteiger partial charge in [0.2, 0.25) is 11.8 Å². The van der Waals surface area contributed by atoms with Gasteiger partial charge >= 0.3 is 5.97 Å². The van der Waals surface area contributed by atoms with Crippen molar-refractivity contribution in [2.24, 2.45) is 5.92 Å². The largest absolute Gasteiger partial charge is 0.467 e. The first kappa shape index (κ1) is 21.0. The Kier molecular flexibility index (Phi) is 7.41. The molecule has 0 saturated carbocycles. The molecule has 1 heterocycles. The third kappa shape index (κ3) is 5.56. The van der Waals surface area contributed by atoms with Crippen molar-refractivity contribution >= 4 is 23.6 Å². The average molecular weight is 391 g/mol. The molecule has 2 unspecified atom stereocenters. The number of aryl methyl sites for hydroxylation is 2. The Morgan fingerprint density at radius 1 is 1.26 bits per heavy atom. The second kappa shape index (κ2) is 9.55. The number of ether oxygens (including phenoxy) is 1. The van der Waals surface area contributed by atoms with Gasteiger partial charge in [0.1, 0.15) is 6.04 Å². The fraction of sp³-hybridized carbons (Fsp3) is 0.474. The van der Waals surface area contributed by atoms with E-state index >= 15 is 0 Å². The van der Waals surface area contributed by atoms with E-state index in [0.717, 1.165) is 29.3 Å². The molecule has 0 radical (unpaired) electrons. The van der Waals surface area contributed by atoms with Gasteiger partial charge in [0.25, 0.3) is 5.22 Å². The molecule has 1 aromatic carbocycles. The SMILES string of the molecule is CCC(C)C(NC(=O)CSc1nnc(-c2ccc(C)c(C)c2)o1)C(=O)OC. The van der Waals surface area contributed by atoms with Crippen molar-refractivity contribution in [2.45, 2.75) is 45.4 Å². The fourth-order valence-corrected chi connectivity index (χ4v) is 2.97. The first-order valence-electron chi connectivity index (χ1n) is 8.76. The number of hydrogen-bond donors (Lipinski definition) is 1. The molecule has 0 aliphatic carbocycles. The average Bonchev–Trinajstić information content (AvgIpc) is 3.14.